The van der Waals surface area contributed by atoms with E-state index in [0.717, 1.165) is 48.0 Å². The number of thioether (sulfide) groups is 1. The minimum Gasteiger partial charge on any atom is -0.355 e. The summed E-state index contributed by atoms with van der Waals surface area (Å²) in [6, 6.07) is 20.9. The first-order valence-corrected chi connectivity index (χ1v) is 11.9. The number of nitrogens with one attached hydrogen (secondary N) is 1. The van der Waals surface area contributed by atoms with E-state index in [1.165, 1.54) is 11.3 Å². The van der Waals surface area contributed by atoms with Crippen LogP contribution in [0.4, 0.5) is 0 Å². The van der Waals surface area contributed by atoms with Crippen molar-refractivity contribution in [3.63, 3.8) is 0 Å². The van der Waals surface area contributed by atoms with Crippen LogP contribution in [0, 0.1) is 0 Å². The van der Waals surface area contributed by atoms with Gasteiger partial charge in [-0.2, -0.15) is 0 Å². The summed E-state index contributed by atoms with van der Waals surface area (Å²) in [5, 5.41) is 3.86. The van der Waals surface area contributed by atoms with Gasteiger partial charge in [0.2, 0.25) is 5.91 Å². The number of benzene rings is 2. The van der Waals surface area contributed by atoms with Crippen molar-refractivity contribution in [1.82, 2.24) is 14.9 Å². The molecular formula is C24H28ClN3OS. The van der Waals surface area contributed by atoms with Crippen LogP contribution in [0.2, 0.25) is 0 Å². The zero-order valence-corrected chi connectivity index (χ0v) is 18.9. The Morgan fingerprint density at radius 2 is 1.70 bits per heavy atom. The number of carbonyl (C=O) groups excluding carboxylic acids is 1. The maximum absolute atomic E-state index is 11.3. The number of aromatic nitrogens is 2. The van der Waals surface area contributed by atoms with E-state index in [1.807, 2.05) is 12.1 Å². The minimum absolute atomic E-state index is 0.00936. The molecule has 2 aromatic carbocycles. The second-order valence-electron chi connectivity index (χ2n) is 7.01. The van der Waals surface area contributed by atoms with Crippen LogP contribution in [0.5, 0.6) is 0 Å². The Morgan fingerprint density at radius 3 is 2.33 bits per heavy atom. The van der Waals surface area contributed by atoms with Crippen LogP contribution in [-0.4, -0.2) is 33.6 Å². The molecule has 0 saturated heterocycles. The lowest BCUT2D eigenvalue weighted by Crippen LogP contribution is -2.25. The minimum atomic E-state index is -0.121. The van der Waals surface area contributed by atoms with Gasteiger partial charge >= 0.3 is 0 Å². The topological polar surface area (TPSA) is 46.9 Å². The highest BCUT2D eigenvalue weighted by Crippen LogP contribution is 2.36. The maximum atomic E-state index is 11.3. The number of nitrogens with zero attached hydrogens (tertiary/aromatic N) is 2. The fourth-order valence-corrected chi connectivity index (χ4v) is 4.32. The standard InChI is InChI=1S/C24H28ClN3OS/c1-2-3-16-28-23(20-13-8-5-9-14-20)22(19-11-6-4-7-12-19)27-24(28)30-17-10-15-26-21(29)18-25/h4-9,11-14H,2-3,10,15-18H2,1H3,(H,26,29). The fourth-order valence-electron chi connectivity index (χ4n) is 3.26. The number of carbonyl (C=O) groups is 1. The zero-order chi connectivity index (χ0) is 21.2. The Bertz CT molecular complexity index is 928. The van der Waals surface area contributed by atoms with Crippen LogP contribution >= 0.6 is 23.4 Å². The Kier molecular flexibility index (Phi) is 8.84. The molecule has 4 nitrogen and oxygen atoms in total. The van der Waals surface area contributed by atoms with Crippen molar-refractivity contribution in [1.29, 1.82) is 0 Å². The molecule has 0 saturated carbocycles. The van der Waals surface area contributed by atoms with Crippen molar-refractivity contribution in [2.45, 2.75) is 37.9 Å². The number of alkyl halides is 1. The van der Waals surface area contributed by atoms with Gasteiger partial charge in [-0.3, -0.25) is 4.79 Å². The molecule has 0 aliphatic carbocycles. The molecule has 1 N–H and O–H groups in total. The molecule has 0 aliphatic rings. The van der Waals surface area contributed by atoms with Crippen molar-refractivity contribution >= 4 is 29.3 Å². The second-order valence-corrected chi connectivity index (χ2v) is 8.34. The summed E-state index contributed by atoms with van der Waals surface area (Å²) in [7, 11) is 0. The largest absolute Gasteiger partial charge is 0.355 e. The van der Waals surface area contributed by atoms with Gasteiger partial charge in [-0.05, 0) is 12.8 Å². The Balaban J connectivity index is 1.91. The molecule has 0 atom stereocenters. The Morgan fingerprint density at radius 1 is 1.03 bits per heavy atom. The summed E-state index contributed by atoms with van der Waals surface area (Å²) < 4.78 is 2.36. The molecule has 0 spiro atoms. The summed E-state index contributed by atoms with van der Waals surface area (Å²) in [5.41, 5.74) is 4.51. The van der Waals surface area contributed by atoms with Gasteiger partial charge in [-0.1, -0.05) is 85.8 Å². The van der Waals surface area contributed by atoms with Crippen molar-refractivity contribution in [2.24, 2.45) is 0 Å². The highest BCUT2D eigenvalue weighted by atomic mass is 35.5. The van der Waals surface area contributed by atoms with Gasteiger partial charge in [0.1, 0.15) is 5.88 Å². The van der Waals surface area contributed by atoms with Gasteiger partial charge in [0.05, 0.1) is 11.4 Å². The van der Waals surface area contributed by atoms with Crippen LogP contribution < -0.4 is 5.32 Å². The molecule has 3 aromatic rings. The van der Waals surface area contributed by atoms with Gasteiger partial charge < -0.3 is 9.88 Å². The number of amides is 1. The summed E-state index contributed by atoms with van der Waals surface area (Å²) in [6.07, 6.45) is 3.10. The van der Waals surface area contributed by atoms with E-state index in [2.05, 4.69) is 65.3 Å². The third kappa shape index (κ3) is 5.89. The number of halogens is 1. The average molecular weight is 442 g/mol. The van der Waals surface area contributed by atoms with Crippen molar-refractivity contribution in [3.05, 3.63) is 60.7 Å². The van der Waals surface area contributed by atoms with Crippen molar-refractivity contribution in [2.75, 3.05) is 18.2 Å². The third-order valence-corrected chi connectivity index (χ3v) is 6.06. The predicted molar refractivity (Wildman–Crippen MR) is 127 cm³/mol. The van der Waals surface area contributed by atoms with Crippen molar-refractivity contribution < 1.29 is 4.79 Å². The van der Waals surface area contributed by atoms with Crippen LogP contribution in [0.15, 0.2) is 65.8 Å². The lowest BCUT2D eigenvalue weighted by molar-refractivity contribution is -0.118. The molecule has 0 bridgehead atoms. The average Bonchev–Trinajstić information content (AvgIpc) is 3.16. The first-order valence-electron chi connectivity index (χ1n) is 10.4. The van der Waals surface area contributed by atoms with Gasteiger partial charge in [0, 0.05) is 30.0 Å². The molecule has 1 heterocycles. The summed E-state index contributed by atoms with van der Waals surface area (Å²) in [4.78, 5) is 16.4. The number of rotatable bonds is 11. The van der Waals surface area contributed by atoms with E-state index in [-0.39, 0.29) is 11.8 Å². The normalized spacial score (nSPS) is 10.9. The monoisotopic (exact) mass is 441 g/mol. The van der Waals surface area contributed by atoms with E-state index in [1.54, 1.807) is 11.8 Å². The van der Waals surface area contributed by atoms with Gasteiger partial charge in [-0.15, -0.1) is 11.6 Å². The van der Waals surface area contributed by atoms with Crippen LogP contribution in [-0.2, 0) is 11.3 Å². The smallest absolute Gasteiger partial charge is 0.234 e. The first kappa shape index (κ1) is 22.4. The molecule has 158 valence electrons. The van der Waals surface area contributed by atoms with Crippen LogP contribution in [0.3, 0.4) is 0 Å². The third-order valence-electron chi connectivity index (χ3n) is 4.76. The second kappa shape index (κ2) is 11.8. The molecule has 1 amide bonds. The summed E-state index contributed by atoms with van der Waals surface area (Å²) >= 11 is 7.28. The van der Waals surface area contributed by atoms with Gasteiger partial charge in [-0.25, -0.2) is 4.98 Å². The van der Waals surface area contributed by atoms with E-state index in [4.69, 9.17) is 16.6 Å². The van der Waals surface area contributed by atoms with Crippen LogP contribution in [0.1, 0.15) is 26.2 Å². The lowest BCUT2D eigenvalue weighted by atomic mass is 10.0. The molecule has 6 heteroatoms. The SMILES string of the molecule is CCCCn1c(SCCCNC(=O)CCl)nc(-c2ccccc2)c1-c1ccccc1. The van der Waals surface area contributed by atoms with E-state index >= 15 is 0 Å². The lowest BCUT2D eigenvalue weighted by Gasteiger charge is -2.12. The number of hydrogen-bond donors (Lipinski definition) is 1. The quantitative estimate of drug-likeness (QED) is 0.230. The number of hydrogen-bond acceptors (Lipinski definition) is 3. The first-order chi connectivity index (χ1) is 14.7. The zero-order valence-electron chi connectivity index (χ0n) is 17.3. The van der Waals surface area contributed by atoms with Gasteiger partial charge in [0.25, 0.3) is 0 Å². The molecule has 0 aliphatic heterocycles. The van der Waals surface area contributed by atoms with E-state index in [9.17, 15) is 4.79 Å². The number of unbranched alkanes of at least 4 members (excludes halogenated alkanes) is 1. The Hall–Kier alpha value is -2.24. The van der Waals surface area contributed by atoms with Gasteiger partial charge in [0.15, 0.2) is 5.16 Å². The molecule has 1 aromatic heterocycles. The fraction of sp³-hybridized carbons (Fsp3) is 0.333. The molecule has 0 fully saturated rings. The molecule has 3 rings (SSSR count). The van der Waals surface area contributed by atoms with Crippen molar-refractivity contribution in [3.8, 4) is 22.5 Å². The number of imidazole rings is 1. The van der Waals surface area contributed by atoms with E-state index in [0.29, 0.717) is 6.54 Å². The van der Waals surface area contributed by atoms with Crippen LogP contribution in [0.25, 0.3) is 22.5 Å². The highest BCUT2D eigenvalue weighted by molar-refractivity contribution is 7.99. The Labute approximate surface area is 188 Å². The molecule has 0 radical (unpaired) electrons. The molecule has 0 unspecified atom stereocenters. The molecular weight excluding hydrogens is 414 g/mol. The van der Waals surface area contributed by atoms with E-state index < -0.39 is 0 Å². The highest BCUT2D eigenvalue weighted by Gasteiger charge is 2.20. The predicted octanol–water partition coefficient (Wildman–Crippen LogP) is 5.85. The summed E-state index contributed by atoms with van der Waals surface area (Å²) in [6.45, 7) is 3.78. The maximum Gasteiger partial charge on any atom is 0.234 e. The summed E-state index contributed by atoms with van der Waals surface area (Å²) in [5.74, 6) is 0.771. The molecule has 30 heavy (non-hydrogen) atoms.